The van der Waals surface area contributed by atoms with Crippen LogP contribution in [0.15, 0.2) is 29.2 Å². The Hall–Kier alpha value is -2.88. The third-order valence-electron chi connectivity index (χ3n) is 4.79. The molecule has 0 saturated carbocycles. The SMILES string of the molecule is Cc1nonc1CN1CCN(c2ccc3ncnc(OCC(F)F)c3c2)CC1. The van der Waals surface area contributed by atoms with Crippen molar-refractivity contribution < 1.29 is 18.1 Å². The quantitative estimate of drug-likeness (QED) is 0.634. The number of halogens is 2. The standard InChI is InChI=1S/C18H20F2N6O2/c1-12-16(24-28-23-12)9-25-4-6-26(7-5-25)13-2-3-15-14(8-13)18(22-11-21-15)27-10-17(19)20/h2-3,8,11,17H,4-7,9-10H2,1H3. The van der Waals surface area contributed by atoms with Crippen molar-refractivity contribution in [2.24, 2.45) is 0 Å². The van der Waals surface area contributed by atoms with Gasteiger partial charge in [-0.05, 0) is 25.1 Å². The summed E-state index contributed by atoms with van der Waals surface area (Å²) in [4.78, 5) is 12.7. The highest BCUT2D eigenvalue weighted by Crippen LogP contribution is 2.27. The van der Waals surface area contributed by atoms with Crippen molar-refractivity contribution in [3.63, 3.8) is 0 Å². The molecule has 3 heterocycles. The molecule has 0 amide bonds. The molecule has 8 nitrogen and oxygen atoms in total. The van der Waals surface area contributed by atoms with Crippen molar-refractivity contribution in [2.45, 2.75) is 19.9 Å². The minimum Gasteiger partial charge on any atom is -0.471 e. The summed E-state index contributed by atoms with van der Waals surface area (Å²) in [5.41, 5.74) is 3.32. The third kappa shape index (κ3) is 4.01. The molecule has 1 aromatic carbocycles. The van der Waals surface area contributed by atoms with Crippen molar-refractivity contribution in [3.05, 3.63) is 35.9 Å². The van der Waals surface area contributed by atoms with E-state index >= 15 is 0 Å². The summed E-state index contributed by atoms with van der Waals surface area (Å²) in [5, 5.41) is 8.38. The Morgan fingerprint density at radius 2 is 1.96 bits per heavy atom. The molecule has 0 radical (unpaired) electrons. The van der Waals surface area contributed by atoms with Crippen LogP contribution < -0.4 is 9.64 Å². The monoisotopic (exact) mass is 390 g/mol. The van der Waals surface area contributed by atoms with Crippen LogP contribution in [0, 0.1) is 6.92 Å². The molecular formula is C18H20F2N6O2. The Labute approximate surface area is 160 Å². The topological polar surface area (TPSA) is 80.4 Å². The van der Waals surface area contributed by atoms with Crippen molar-refractivity contribution in [1.29, 1.82) is 0 Å². The lowest BCUT2D eigenvalue weighted by molar-refractivity contribution is 0.0804. The van der Waals surface area contributed by atoms with Crippen LogP contribution in [0.3, 0.4) is 0 Å². The first-order valence-corrected chi connectivity index (χ1v) is 9.01. The van der Waals surface area contributed by atoms with E-state index in [4.69, 9.17) is 9.37 Å². The maximum atomic E-state index is 12.5. The molecule has 0 spiro atoms. The van der Waals surface area contributed by atoms with Crippen molar-refractivity contribution in [2.75, 3.05) is 37.7 Å². The number of hydrogen-bond donors (Lipinski definition) is 0. The molecule has 4 rings (SSSR count). The first-order chi connectivity index (χ1) is 13.6. The van der Waals surface area contributed by atoms with Gasteiger partial charge in [-0.2, -0.15) is 0 Å². The Bertz CT molecular complexity index is 943. The molecule has 1 saturated heterocycles. The van der Waals surface area contributed by atoms with E-state index in [2.05, 4.69) is 30.1 Å². The fourth-order valence-electron chi connectivity index (χ4n) is 3.24. The van der Waals surface area contributed by atoms with Crippen molar-refractivity contribution >= 4 is 16.6 Å². The number of piperazine rings is 1. The maximum Gasteiger partial charge on any atom is 0.272 e. The second-order valence-electron chi connectivity index (χ2n) is 6.64. The fraction of sp³-hybridized carbons (Fsp3) is 0.444. The Morgan fingerprint density at radius 3 is 2.68 bits per heavy atom. The summed E-state index contributed by atoms with van der Waals surface area (Å²) < 4.78 is 34.9. The fourth-order valence-corrected chi connectivity index (χ4v) is 3.24. The molecule has 0 unspecified atom stereocenters. The molecule has 1 aliphatic heterocycles. The van der Waals surface area contributed by atoms with Gasteiger partial charge in [0.25, 0.3) is 6.43 Å². The number of rotatable bonds is 6. The smallest absolute Gasteiger partial charge is 0.272 e. The van der Waals surface area contributed by atoms with E-state index in [-0.39, 0.29) is 5.88 Å². The zero-order valence-electron chi connectivity index (χ0n) is 15.4. The molecule has 3 aromatic rings. The molecule has 28 heavy (non-hydrogen) atoms. The molecule has 0 bridgehead atoms. The molecule has 0 atom stereocenters. The summed E-state index contributed by atoms with van der Waals surface area (Å²) >= 11 is 0. The van der Waals surface area contributed by atoms with Crippen LogP contribution in [0.1, 0.15) is 11.4 Å². The number of fused-ring (bicyclic) bond motifs is 1. The van der Waals surface area contributed by atoms with Crippen LogP contribution in [-0.2, 0) is 6.54 Å². The second-order valence-corrected chi connectivity index (χ2v) is 6.64. The Balaban J connectivity index is 1.46. The zero-order chi connectivity index (χ0) is 19.5. The summed E-state index contributed by atoms with van der Waals surface area (Å²) in [6, 6.07) is 5.74. The lowest BCUT2D eigenvalue weighted by Crippen LogP contribution is -2.46. The summed E-state index contributed by atoms with van der Waals surface area (Å²) in [5.74, 6) is 0.180. The van der Waals surface area contributed by atoms with Gasteiger partial charge in [0, 0.05) is 38.4 Å². The van der Waals surface area contributed by atoms with Crippen LogP contribution in [0.2, 0.25) is 0 Å². The number of anilines is 1. The lowest BCUT2D eigenvalue weighted by atomic mass is 10.2. The van der Waals surface area contributed by atoms with Gasteiger partial charge in [-0.1, -0.05) is 10.3 Å². The minimum atomic E-state index is -2.55. The van der Waals surface area contributed by atoms with Crippen LogP contribution in [0.5, 0.6) is 5.88 Å². The predicted molar refractivity (Wildman–Crippen MR) is 97.6 cm³/mol. The van der Waals surface area contributed by atoms with Gasteiger partial charge in [0.05, 0.1) is 10.9 Å². The molecular weight excluding hydrogens is 370 g/mol. The van der Waals surface area contributed by atoms with Crippen molar-refractivity contribution in [1.82, 2.24) is 25.2 Å². The van der Waals surface area contributed by atoms with E-state index in [0.29, 0.717) is 17.4 Å². The van der Waals surface area contributed by atoms with Gasteiger partial charge in [-0.15, -0.1) is 0 Å². The average molecular weight is 390 g/mol. The van der Waals surface area contributed by atoms with Gasteiger partial charge < -0.3 is 9.64 Å². The Morgan fingerprint density at radius 1 is 1.14 bits per heavy atom. The highest BCUT2D eigenvalue weighted by Gasteiger charge is 2.20. The van der Waals surface area contributed by atoms with E-state index < -0.39 is 13.0 Å². The lowest BCUT2D eigenvalue weighted by Gasteiger charge is -2.35. The molecule has 2 aromatic heterocycles. The number of aryl methyl sites for hydroxylation is 1. The van der Waals surface area contributed by atoms with Crippen LogP contribution in [-0.4, -0.2) is 64.4 Å². The van der Waals surface area contributed by atoms with E-state index in [1.54, 1.807) is 0 Å². The van der Waals surface area contributed by atoms with Gasteiger partial charge >= 0.3 is 0 Å². The van der Waals surface area contributed by atoms with Gasteiger partial charge in [0.2, 0.25) is 5.88 Å². The summed E-state index contributed by atoms with van der Waals surface area (Å²) in [6.45, 7) is 5.29. The van der Waals surface area contributed by atoms with E-state index in [0.717, 1.165) is 43.3 Å². The largest absolute Gasteiger partial charge is 0.471 e. The molecule has 1 aliphatic rings. The first kappa shape index (κ1) is 18.5. The van der Waals surface area contributed by atoms with E-state index in [9.17, 15) is 8.78 Å². The molecule has 0 N–H and O–H groups in total. The molecule has 148 valence electrons. The summed E-state index contributed by atoms with van der Waals surface area (Å²) in [6.07, 6.45) is -1.23. The average Bonchev–Trinajstić information content (AvgIpc) is 3.11. The molecule has 0 aliphatic carbocycles. The summed E-state index contributed by atoms with van der Waals surface area (Å²) in [7, 11) is 0. The highest BCUT2D eigenvalue weighted by atomic mass is 19.3. The predicted octanol–water partition coefficient (Wildman–Crippen LogP) is 2.29. The highest BCUT2D eigenvalue weighted by molar-refractivity contribution is 5.86. The Kier molecular flexibility index (Phi) is 5.29. The second kappa shape index (κ2) is 8.01. The molecule has 1 fully saturated rings. The van der Waals surface area contributed by atoms with Crippen molar-refractivity contribution in [3.8, 4) is 5.88 Å². The normalized spacial score (nSPS) is 15.5. The first-order valence-electron chi connectivity index (χ1n) is 9.01. The van der Waals surface area contributed by atoms with Gasteiger partial charge in [0.1, 0.15) is 17.7 Å². The van der Waals surface area contributed by atoms with Gasteiger partial charge in [-0.25, -0.2) is 23.4 Å². The number of ether oxygens (including phenoxy) is 1. The minimum absolute atomic E-state index is 0.180. The number of aromatic nitrogens is 4. The third-order valence-corrected chi connectivity index (χ3v) is 4.79. The number of benzene rings is 1. The van der Waals surface area contributed by atoms with E-state index in [1.165, 1.54) is 6.33 Å². The zero-order valence-corrected chi connectivity index (χ0v) is 15.4. The van der Waals surface area contributed by atoms with Gasteiger partial charge in [0.15, 0.2) is 6.61 Å². The number of nitrogens with zero attached hydrogens (tertiary/aromatic N) is 6. The van der Waals surface area contributed by atoms with Crippen LogP contribution in [0.4, 0.5) is 14.5 Å². The van der Waals surface area contributed by atoms with E-state index in [1.807, 2.05) is 25.1 Å². The number of hydrogen-bond acceptors (Lipinski definition) is 8. The van der Waals surface area contributed by atoms with Crippen LogP contribution in [0.25, 0.3) is 10.9 Å². The molecule has 10 heteroatoms. The number of alkyl halides is 2. The van der Waals surface area contributed by atoms with Crippen LogP contribution >= 0.6 is 0 Å². The maximum absolute atomic E-state index is 12.5. The van der Waals surface area contributed by atoms with Gasteiger partial charge in [-0.3, -0.25) is 4.90 Å².